The number of nitrogens with zero attached hydrogens (tertiary/aromatic N) is 1. The van der Waals surface area contributed by atoms with Crippen LogP contribution in [0.25, 0.3) is 11.0 Å². The Balaban J connectivity index is 2.44. The van der Waals surface area contributed by atoms with Crippen molar-refractivity contribution >= 4 is 39.9 Å². The number of fused-ring (bicyclic) bond motifs is 1. The van der Waals surface area contributed by atoms with Crippen molar-refractivity contribution in [1.29, 1.82) is 0 Å². The van der Waals surface area contributed by atoms with Crippen molar-refractivity contribution in [3.05, 3.63) is 11.2 Å². The third-order valence-electron chi connectivity index (χ3n) is 1.62. The Morgan fingerprint density at radius 2 is 2.57 bits per heavy atom. The van der Waals surface area contributed by atoms with E-state index >= 15 is 0 Å². The summed E-state index contributed by atoms with van der Waals surface area (Å²) in [7, 11) is 0. The molecule has 0 aliphatic rings. The Morgan fingerprint density at radius 1 is 1.79 bits per heavy atom. The molecular weight excluding hydrogens is 224 g/mol. The number of carbonyl (C=O) groups is 1. The van der Waals surface area contributed by atoms with Crippen LogP contribution >= 0.6 is 22.9 Å². The second kappa shape index (κ2) is 3.59. The molecule has 0 aliphatic carbocycles. The molecule has 0 spiro atoms. The highest BCUT2D eigenvalue weighted by atomic mass is 35.5. The zero-order chi connectivity index (χ0) is 10.1. The summed E-state index contributed by atoms with van der Waals surface area (Å²) in [5.41, 5.74) is 1.52. The average Bonchev–Trinajstić information content (AvgIpc) is 2.66. The number of nitrogens with one attached hydrogen (secondary N) is 1. The molecule has 0 aromatic carbocycles. The second-order valence-electron chi connectivity index (χ2n) is 2.70. The fourth-order valence-corrected chi connectivity index (χ4v) is 2.07. The lowest BCUT2D eigenvalue weighted by molar-refractivity contribution is -0.131. The number of halogens is 1. The van der Waals surface area contributed by atoms with Crippen molar-refractivity contribution in [1.82, 2.24) is 9.97 Å². The van der Waals surface area contributed by atoms with Crippen LogP contribution in [0.3, 0.4) is 0 Å². The van der Waals surface area contributed by atoms with Crippen LogP contribution in [0.5, 0.6) is 5.06 Å². The number of rotatable bonds is 2. The average molecular weight is 231 g/mol. The van der Waals surface area contributed by atoms with Gasteiger partial charge in [0.1, 0.15) is 11.3 Å². The van der Waals surface area contributed by atoms with Crippen LogP contribution in [-0.4, -0.2) is 15.9 Å². The van der Waals surface area contributed by atoms with Crippen molar-refractivity contribution in [2.75, 3.05) is 0 Å². The van der Waals surface area contributed by atoms with Gasteiger partial charge < -0.3 is 9.72 Å². The van der Waals surface area contributed by atoms with E-state index in [2.05, 4.69) is 9.97 Å². The third kappa shape index (κ3) is 1.60. The maximum Gasteiger partial charge on any atom is 0.308 e. The smallest absolute Gasteiger partial charge is 0.308 e. The first-order valence-electron chi connectivity index (χ1n) is 3.91. The fraction of sp³-hybridized carbons (Fsp3) is 0.250. The van der Waals surface area contributed by atoms with E-state index in [1.807, 2.05) is 5.38 Å². The summed E-state index contributed by atoms with van der Waals surface area (Å²) in [6.07, 6.45) is 0. The zero-order valence-corrected chi connectivity index (χ0v) is 8.91. The first kappa shape index (κ1) is 9.48. The Morgan fingerprint density at radius 3 is 3.21 bits per heavy atom. The second-order valence-corrected chi connectivity index (χ2v) is 3.81. The molecule has 0 saturated heterocycles. The van der Waals surface area contributed by atoms with E-state index in [4.69, 9.17) is 16.3 Å². The fourth-order valence-electron chi connectivity index (χ4n) is 1.11. The van der Waals surface area contributed by atoms with Gasteiger partial charge in [0.05, 0.1) is 11.4 Å². The highest BCUT2D eigenvalue weighted by molar-refractivity contribution is 7.13. The van der Waals surface area contributed by atoms with Gasteiger partial charge in [-0.25, -0.2) is 4.98 Å². The quantitative estimate of drug-likeness (QED) is 0.636. The molecule has 2 heterocycles. The summed E-state index contributed by atoms with van der Waals surface area (Å²) in [6.45, 7) is 1.36. The largest absolute Gasteiger partial charge is 0.413 e. The lowest BCUT2D eigenvalue weighted by Gasteiger charge is -1.93. The van der Waals surface area contributed by atoms with Crippen LogP contribution in [0.15, 0.2) is 5.38 Å². The molecule has 1 N–H and O–H groups in total. The number of alkyl halides is 1. The van der Waals surface area contributed by atoms with E-state index < -0.39 is 0 Å². The summed E-state index contributed by atoms with van der Waals surface area (Å²) in [6, 6.07) is 0. The van der Waals surface area contributed by atoms with Gasteiger partial charge in [0.2, 0.25) is 5.06 Å². The number of ether oxygens (including phenoxy) is 1. The van der Waals surface area contributed by atoms with Gasteiger partial charge in [-0.3, -0.25) is 4.79 Å². The summed E-state index contributed by atoms with van der Waals surface area (Å²) >= 11 is 6.95. The highest BCUT2D eigenvalue weighted by Crippen LogP contribution is 2.31. The Bertz CT molecular complexity index is 477. The van der Waals surface area contributed by atoms with E-state index in [0.29, 0.717) is 22.3 Å². The molecule has 2 aromatic rings. The van der Waals surface area contributed by atoms with Gasteiger partial charge in [0, 0.05) is 12.3 Å². The molecule has 6 heteroatoms. The van der Waals surface area contributed by atoms with Gasteiger partial charge in [-0.1, -0.05) is 0 Å². The number of thiophene rings is 1. The Kier molecular flexibility index (Phi) is 2.43. The molecule has 0 bridgehead atoms. The van der Waals surface area contributed by atoms with Gasteiger partial charge in [0.25, 0.3) is 0 Å². The van der Waals surface area contributed by atoms with Crippen LogP contribution in [-0.2, 0) is 10.7 Å². The molecule has 74 valence electrons. The van der Waals surface area contributed by atoms with Crippen molar-refractivity contribution in [2.45, 2.75) is 12.8 Å². The molecule has 0 amide bonds. The number of aromatic nitrogens is 2. The predicted octanol–water partition coefficient (Wildman–Crippen LogP) is 2.29. The van der Waals surface area contributed by atoms with E-state index in [9.17, 15) is 4.79 Å². The maximum atomic E-state index is 10.8. The lowest BCUT2D eigenvalue weighted by atomic mass is 10.5. The van der Waals surface area contributed by atoms with E-state index in [-0.39, 0.29) is 5.97 Å². The summed E-state index contributed by atoms with van der Waals surface area (Å²) < 4.78 is 4.98. The highest BCUT2D eigenvalue weighted by Gasteiger charge is 2.11. The number of aromatic amines is 1. The van der Waals surface area contributed by atoms with Crippen LogP contribution in [0.4, 0.5) is 0 Å². The molecule has 0 fully saturated rings. The molecule has 0 saturated carbocycles. The van der Waals surface area contributed by atoms with Crippen molar-refractivity contribution in [2.24, 2.45) is 0 Å². The van der Waals surface area contributed by atoms with Gasteiger partial charge in [-0.2, -0.15) is 0 Å². The number of carbonyl (C=O) groups excluding carboxylic acids is 1. The molecule has 4 nitrogen and oxygen atoms in total. The van der Waals surface area contributed by atoms with E-state index in [1.165, 1.54) is 18.3 Å². The van der Waals surface area contributed by atoms with Gasteiger partial charge in [0.15, 0.2) is 0 Å². The lowest BCUT2D eigenvalue weighted by Crippen LogP contribution is -1.99. The van der Waals surface area contributed by atoms with Gasteiger partial charge in [-0.05, 0) is 0 Å². The molecular formula is C8H7ClN2O2S. The first-order valence-corrected chi connectivity index (χ1v) is 5.32. The van der Waals surface area contributed by atoms with Crippen LogP contribution < -0.4 is 4.74 Å². The number of esters is 1. The van der Waals surface area contributed by atoms with E-state index in [1.54, 1.807) is 0 Å². The minimum absolute atomic E-state index is 0.318. The molecule has 0 atom stereocenters. The summed E-state index contributed by atoms with van der Waals surface area (Å²) in [5, 5.41) is 2.36. The van der Waals surface area contributed by atoms with Crippen LogP contribution in [0, 0.1) is 0 Å². The normalized spacial score (nSPS) is 10.7. The molecule has 2 rings (SSSR count). The van der Waals surface area contributed by atoms with Crippen molar-refractivity contribution in [3.63, 3.8) is 0 Å². The Labute approximate surface area is 88.9 Å². The Hall–Kier alpha value is -1.07. The van der Waals surface area contributed by atoms with Crippen molar-refractivity contribution < 1.29 is 9.53 Å². The number of hydrogen-bond donors (Lipinski definition) is 1. The number of H-pyrrole nitrogens is 1. The number of imidazole rings is 1. The SMILES string of the molecule is CC(=O)Oc1scc2[nH]c(CCl)nc12. The molecule has 0 radical (unpaired) electrons. The molecule has 14 heavy (non-hydrogen) atoms. The first-order chi connectivity index (χ1) is 6.70. The predicted molar refractivity (Wildman–Crippen MR) is 54.8 cm³/mol. The monoisotopic (exact) mass is 230 g/mol. The van der Waals surface area contributed by atoms with Crippen molar-refractivity contribution in [3.8, 4) is 5.06 Å². The topological polar surface area (TPSA) is 55.0 Å². The number of hydrogen-bond acceptors (Lipinski definition) is 4. The van der Waals surface area contributed by atoms with Gasteiger partial charge >= 0.3 is 5.97 Å². The van der Waals surface area contributed by atoms with Gasteiger partial charge in [-0.15, -0.1) is 22.9 Å². The standard InChI is InChI=1S/C8H7ClN2O2S/c1-4(12)13-8-7-5(3-14-8)10-6(2-9)11-7/h3H,2H2,1H3,(H,10,11). The minimum atomic E-state index is -0.343. The summed E-state index contributed by atoms with van der Waals surface area (Å²) in [5.74, 6) is 0.654. The third-order valence-corrected chi connectivity index (χ3v) is 2.72. The van der Waals surface area contributed by atoms with Crippen LogP contribution in [0.1, 0.15) is 12.7 Å². The molecule has 0 unspecified atom stereocenters. The molecule has 2 aromatic heterocycles. The van der Waals surface area contributed by atoms with E-state index in [0.717, 1.165) is 5.52 Å². The molecule has 0 aliphatic heterocycles. The maximum absolute atomic E-state index is 10.8. The summed E-state index contributed by atoms with van der Waals surface area (Å²) in [4.78, 5) is 18.0. The zero-order valence-electron chi connectivity index (χ0n) is 7.33. The van der Waals surface area contributed by atoms with Crippen LogP contribution in [0.2, 0.25) is 0 Å². The minimum Gasteiger partial charge on any atom is -0.413 e.